The van der Waals surface area contributed by atoms with Gasteiger partial charge in [0.05, 0.1) is 0 Å². The Morgan fingerprint density at radius 3 is 2.85 bits per heavy atom. The van der Waals surface area contributed by atoms with E-state index in [2.05, 4.69) is 26.1 Å². The molecule has 10 heteroatoms. The highest BCUT2D eigenvalue weighted by Crippen LogP contribution is 2.26. The molecule has 2 saturated heterocycles. The highest BCUT2D eigenvalue weighted by atomic mass is 35.5. The molecule has 2 aliphatic heterocycles. The van der Waals surface area contributed by atoms with E-state index in [0.29, 0.717) is 37.2 Å². The first-order valence-electron chi connectivity index (χ1n) is 8.94. The van der Waals surface area contributed by atoms with Crippen molar-refractivity contribution in [1.29, 1.82) is 0 Å². The molecule has 0 spiro atoms. The van der Waals surface area contributed by atoms with E-state index < -0.39 is 0 Å². The van der Waals surface area contributed by atoms with Crippen molar-refractivity contribution in [2.24, 2.45) is 18.9 Å². The van der Waals surface area contributed by atoms with Gasteiger partial charge in [0.25, 0.3) is 0 Å². The van der Waals surface area contributed by atoms with E-state index in [0.717, 1.165) is 38.4 Å². The third-order valence-electron chi connectivity index (χ3n) is 5.28. The number of hydrogen-bond donors (Lipinski definition) is 4. The average molecular weight is 409 g/mol. The number of halogens is 2. The molecule has 2 aliphatic rings. The Labute approximate surface area is 166 Å². The minimum atomic E-state index is -0.226. The summed E-state index contributed by atoms with van der Waals surface area (Å²) in [7, 11) is 1.67. The molecule has 8 nitrogen and oxygen atoms in total. The molecule has 3 heterocycles. The van der Waals surface area contributed by atoms with Crippen molar-refractivity contribution in [3.05, 3.63) is 16.3 Å². The third-order valence-corrected chi connectivity index (χ3v) is 5.28. The van der Waals surface area contributed by atoms with Crippen LogP contribution in [0.3, 0.4) is 0 Å². The van der Waals surface area contributed by atoms with Crippen molar-refractivity contribution >= 4 is 30.7 Å². The molecular formula is C16H30Cl2N6O2. The first-order valence-corrected chi connectivity index (χ1v) is 8.94. The fourth-order valence-corrected chi connectivity index (χ4v) is 3.84. The number of aromatic amines is 1. The molecule has 2 fully saturated rings. The van der Waals surface area contributed by atoms with Crippen LogP contribution in [0.2, 0.25) is 0 Å². The minimum Gasteiger partial charge on any atom is -0.356 e. The quantitative estimate of drug-likeness (QED) is 0.507. The van der Waals surface area contributed by atoms with Crippen LogP contribution in [0, 0.1) is 11.8 Å². The zero-order valence-corrected chi connectivity index (χ0v) is 16.8. The SMILES string of the molecule is Cl.Cl.Cn1c(CCNC(=O)CCC[C@@H]2NC[C@@H]3CNC[C@H]2C3)n[nH]c1=O. The van der Waals surface area contributed by atoms with Gasteiger partial charge >= 0.3 is 5.69 Å². The normalized spacial score (nSPS) is 24.3. The van der Waals surface area contributed by atoms with Gasteiger partial charge in [-0.1, -0.05) is 0 Å². The second-order valence-corrected chi connectivity index (χ2v) is 7.03. The summed E-state index contributed by atoms with van der Waals surface area (Å²) in [5.41, 5.74) is -0.226. The molecule has 3 rings (SSSR count). The van der Waals surface area contributed by atoms with Crippen molar-refractivity contribution in [2.45, 2.75) is 38.1 Å². The van der Waals surface area contributed by atoms with Gasteiger partial charge in [0.1, 0.15) is 5.82 Å². The molecule has 0 unspecified atom stereocenters. The Balaban J connectivity index is 0.00000169. The maximum absolute atomic E-state index is 11.9. The fraction of sp³-hybridized carbons (Fsp3) is 0.812. The average Bonchev–Trinajstić information content (AvgIpc) is 2.89. The highest BCUT2D eigenvalue weighted by Gasteiger charge is 2.32. The molecule has 150 valence electrons. The minimum absolute atomic E-state index is 0. The number of nitrogens with one attached hydrogen (secondary N) is 4. The third kappa shape index (κ3) is 5.97. The van der Waals surface area contributed by atoms with Crippen molar-refractivity contribution < 1.29 is 4.79 Å². The molecule has 0 saturated carbocycles. The summed E-state index contributed by atoms with van der Waals surface area (Å²) in [4.78, 5) is 23.2. The van der Waals surface area contributed by atoms with Crippen LogP contribution in [0.25, 0.3) is 0 Å². The van der Waals surface area contributed by atoms with Crippen molar-refractivity contribution in [1.82, 2.24) is 30.7 Å². The van der Waals surface area contributed by atoms with Crippen LogP contribution < -0.4 is 21.6 Å². The van der Waals surface area contributed by atoms with Crippen molar-refractivity contribution in [3.8, 4) is 0 Å². The van der Waals surface area contributed by atoms with Crippen LogP contribution in [-0.2, 0) is 18.3 Å². The number of rotatable bonds is 7. The molecule has 0 radical (unpaired) electrons. The number of aromatic nitrogens is 3. The Morgan fingerprint density at radius 1 is 1.31 bits per heavy atom. The van der Waals surface area contributed by atoms with Gasteiger partial charge in [-0.2, -0.15) is 5.10 Å². The van der Waals surface area contributed by atoms with E-state index in [1.54, 1.807) is 7.05 Å². The van der Waals surface area contributed by atoms with Gasteiger partial charge in [-0.05, 0) is 50.7 Å². The van der Waals surface area contributed by atoms with Gasteiger partial charge in [-0.3, -0.25) is 9.36 Å². The van der Waals surface area contributed by atoms with E-state index in [9.17, 15) is 9.59 Å². The Bertz CT molecular complexity index is 620. The highest BCUT2D eigenvalue weighted by molar-refractivity contribution is 5.85. The molecular weight excluding hydrogens is 379 g/mol. The predicted octanol–water partition coefficient (Wildman–Crippen LogP) is -0.0215. The molecule has 4 N–H and O–H groups in total. The Kier molecular flexibility index (Phi) is 9.63. The van der Waals surface area contributed by atoms with Crippen molar-refractivity contribution in [2.75, 3.05) is 26.2 Å². The predicted molar refractivity (Wildman–Crippen MR) is 105 cm³/mol. The number of amides is 1. The topological polar surface area (TPSA) is 104 Å². The van der Waals surface area contributed by atoms with Crippen LogP contribution in [0.5, 0.6) is 0 Å². The molecule has 1 aromatic rings. The van der Waals surface area contributed by atoms with Gasteiger partial charge in [0, 0.05) is 32.5 Å². The van der Waals surface area contributed by atoms with E-state index in [-0.39, 0.29) is 36.4 Å². The molecule has 1 amide bonds. The molecule has 2 bridgehead atoms. The lowest BCUT2D eigenvalue weighted by atomic mass is 9.80. The number of piperidine rings is 2. The summed E-state index contributed by atoms with van der Waals surface area (Å²) in [6.45, 7) is 3.85. The van der Waals surface area contributed by atoms with Gasteiger partial charge in [-0.15, -0.1) is 24.8 Å². The second kappa shape index (κ2) is 10.9. The van der Waals surface area contributed by atoms with Crippen LogP contribution in [0.15, 0.2) is 4.79 Å². The van der Waals surface area contributed by atoms with Crippen molar-refractivity contribution in [3.63, 3.8) is 0 Å². The molecule has 0 aliphatic carbocycles. The number of carbonyl (C=O) groups is 1. The van der Waals surface area contributed by atoms with E-state index >= 15 is 0 Å². The van der Waals surface area contributed by atoms with Gasteiger partial charge in [-0.25, -0.2) is 9.89 Å². The Morgan fingerprint density at radius 2 is 2.12 bits per heavy atom. The van der Waals surface area contributed by atoms with Crippen LogP contribution in [-0.4, -0.2) is 52.9 Å². The first-order chi connectivity index (χ1) is 11.6. The monoisotopic (exact) mass is 408 g/mol. The zero-order chi connectivity index (χ0) is 16.9. The zero-order valence-electron chi connectivity index (χ0n) is 15.1. The maximum Gasteiger partial charge on any atom is 0.343 e. The van der Waals surface area contributed by atoms with Crippen LogP contribution in [0.1, 0.15) is 31.5 Å². The first kappa shape index (κ1) is 23.0. The van der Waals surface area contributed by atoms with Gasteiger partial charge in [0.2, 0.25) is 5.91 Å². The van der Waals surface area contributed by atoms with E-state index in [1.165, 1.54) is 11.0 Å². The summed E-state index contributed by atoms with van der Waals surface area (Å²) >= 11 is 0. The number of fused-ring (bicyclic) bond motifs is 2. The number of H-pyrrole nitrogens is 1. The van der Waals surface area contributed by atoms with E-state index in [1.807, 2.05) is 0 Å². The van der Waals surface area contributed by atoms with Gasteiger partial charge in [0.15, 0.2) is 0 Å². The van der Waals surface area contributed by atoms with Crippen LogP contribution in [0.4, 0.5) is 0 Å². The Hall–Kier alpha value is -1.09. The number of carbonyl (C=O) groups excluding carboxylic acids is 1. The number of nitrogens with zero attached hydrogens (tertiary/aromatic N) is 2. The molecule has 26 heavy (non-hydrogen) atoms. The fourth-order valence-electron chi connectivity index (χ4n) is 3.84. The lowest BCUT2D eigenvalue weighted by Gasteiger charge is -2.41. The number of hydrogen-bond acceptors (Lipinski definition) is 5. The summed E-state index contributed by atoms with van der Waals surface area (Å²) in [5.74, 6) is 2.22. The maximum atomic E-state index is 11.9. The standard InChI is InChI=1S/C16H28N6O2.2ClH/c1-22-14(20-21-16(22)24)5-6-18-15(23)4-2-3-13-12-7-11(9-19-13)8-17-10-12;;/h11-13,17,19H,2-10H2,1H3,(H,18,23)(H,21,24);2*1H/t11-,12+,13-;;/m0../s1. The summed E-state index contributed by atoms with van der Waals surface area (Å²) < 4.78 is 1.46. The summed E-state index contributed by atoms with van der Waals surface area (Å²) in [6.07, 6.45) is 4.40. The lowest BCUT2D eigenvalue weighted by molar-refractivity contribution is -0.121. The summed E-state index contributed by atoms with van der Waals surface area (Å²) in [6, 6.07) is 0.542. The largest absolute Gasteiger partial charge is 0.356 e. The summed E-state index contributed by atoms with van der Waals surface area (Å²) in [5, 5.41) is 16.4. The van der Waals surface area contributed by atoms with Gasteiger partial charge < -0.3 is 16.0 Å². The molecule has 3 atom stereocenters. The van der Waals surface area contributed by atoms with Crippen LogP contribution >= 0.6 is 24.8 Å². The molecule has 0 aromatic carbocycles. The lowest BCUT2D eigenvalue weighted by Crippen LogP contribution is -2.54. The second-order valence-electron chi connectivity index (χ2n) is 7.03. The van der Waals surface area contributed by atoms with E-state index in [4.69, 9.17) is 0 Å². The molecule has 1 aromatic heterocycles. The smallest absolute Gasteiger partial charge is 0.343 e.